The van der Waals surface area contributed by atoms with Gasteiger partial charge in [0, 0.05) is 31.4 Å². The molecule has 1 N–H and O–H groups in total. The number of aryl methyl sites for hydroxylation is 1. The number of hydrogen-bond donors (Lipinski definition) is 1. The van der Waals surface area contributed by atoms with Crippen LogP contribution in [0.4, 0.5) is 11.4 Å². The molecule has 10 nitrogen and oxygen atoms in total. The van der Waals surface area contributed by atoms with E-state index in [9.17, 15) is 31.7 Å². The minimum absolute atomic E-state index is 0.0221. The molecular weight excluding hydrogens is 470 g/mol. The lowest BCUT2D eigenvalue weighted by Gasteiger charge is -2.24. The first-order valence-corrected chi connectivity index (χ1v) is 13.8. The lowest BCUT2D eigenvalue weighted by molar-refractivity contribution is -0.384. The Morgan fingerprint density at radius 3 is 2.21 bits per heavy atom. The van der Waals surface area contributed by atoms with Crippen LogP contribution >= 0.6 is 0 Å². The maximum absolute atomic E-state index is 12.4. The van der Waals surface area contributed by atoms with Gasteiger partial charge in [0.1, 0.15) is 0 Å². The van der Waals surface area contributed by atoms with Gasteiger partial charge in [0.25, 0.3) is 5.69 Å². The lowest BCUT2D eigenvalue weighted by Crippen LogP contribution is -2.33. The second-order valence-corrected chi connectivity index (χ2v) is 11.7. The molecular formula is C21H27N3O7S2. The van der Waals surface area contributed by atoms with Crippen molar-refractivity contribution in [3.8, 4) is 0 Å². The van der Waals surface area contributed by atoms with Crippen LogP contribution in [0, 0.1) is 17.0 Å². The highest BCUT2D eigenvalue weighted by Gasteiger charge is 2.22. The van der Waals surface area contributed by atoms with Gasteiger partial charge in [-0.25, -0.2) is 16.8 Å². The topological polar surface area (TPSA) is 144 Å². The van der Waals surface area contributed by atoms with Crippen LogP contribution in [0.3, 0.4) is 0 Å². The summed E-state index contributed by atoms with van der Waals surface area (Å²) < 4.78 is 48.8. The number of nitro groups is 1. The molecule has 0 saturated carbocycles. The van der Waals surface area contributed by atoms with E-state index in [1.807, 2.05) is 0 Å². The smallest absolute Gasteiger partial charge is 0.271 e. The van der Waals surface area contributed by atoms with E-state index in [1.165, 1.54) is 30.3 Å². The fraction of sp³-hybridized carbons (Fsp3) is 0.381. The Kier molecular flexibility index (Phi) is 8.20. The number of non-ortho nitro benzene ring substituents is 1. The van der Waals surface area contributed by atoms with Gasteiger partial charge in [0.05, 0.1) is 27.8 Å². The molecule has 0 aliphatic rings. The van der Waals surface area contributed by atoms with Crippen molar-refractivity contribution in [3.05, 3.63) is 63.7 Å². The number of carbonyl (C=O) groups excluding carboxylic acids is 1. The van der Waals surface area contributed by atoms with Gasteiger partial charge < -0.3 is 5.32 Å². The Balaban J connectivity index is 2.04. The molecule has 2 aromatic carbocycles. The number of nitrogens with zero attached hydrogens (tertiary/aromatic N) is 2. The number of sulfonamides is 1. The minimum Gasteiger partial charge on any atom is -0.350 e. The lowest BCUT2D eigenvalue weighted by atomic mass is 10.1. The Labute approximate surface area is 193 Å². The highest BCUT2D eigenvalue weighted by Crippen LogP contribution is 2.28. The van der Waals surface area contributed by atoms with Gasteiger partial charge in [-0.15, -0.1) is 0 Å². The molecule has 2 aromatic rings. The maximum Gasteiger partial charge on any atom is 0.271 e. The van der Waals surface area contributed by atoms with E-state index in [-0.39, 0.29) is 47.6 Å². The summed E-state index contributed by atoms with van der Waals surface area (Å²) in [7, 11) is -7.05. The molecule has 0 heterocycles. The number of sulfone groups is 1. The molecule has 0 saturated heterocycles. The third-order valence-corrected chi connectivity index (χ3v) is 7.33. The number of hydrogen-bond acceptors (Lipinski definition) is 7. The second-order valence-electron chi connectivity index (χ2n) is 7.80. The Hall–Kier alpha value is -2.99. The zero-order valence-corrected chi connectivity index (χ0v) is 20.4. The van der Waals surface area contributed by atoms with Crippen LogP contribution in [0.1, 0.15) is 36.9 Å². The summed E-state index contributed by atoms with van der Waals surface area (Å²) in [6.45, 7) is 3.38. The minimum atomic E-state index is -3.73. The molecule has 33 heavy (non-hydrogen) atoms. The summed E-state index contributed by atoms with van der Waals surface area (Å²) >= 11 is 0. The third kappa shape index (κ3) is 7.26. The fourth-order valence-corrected chi connectivity index (χ4v) is 4.87. The molecule has 1 atom stereocenters. The first-order chi connectivity index (χ1) is 15.2. The number of carbonyl (C=O) groups is 1. The standard InChI is InChI=1S/C21H27N3O7S2/c1-15-7-10-18(24(26)27)14-20(15)23(33(4,30)31)13-5-6-21(25)22-16(2)17-8-11-19(12-9-17)32(3,28)29/h7-12,14,16H,5-6,13H2,1-4H3,(H,22,25). The van der Waals surface area contributed by atoms with E-state index in [4.69, 9.17) is 0 Å². The van der Waals surface area contributed by atoms with E-state index >= 15 is 0 Å². The van der Waals surface area contributed by atoms with Crippen molar-refractivity contribution in [1.82, 2.24) is 5.32 Å². The number of anilines is 1. The average Bonchev–Trinajstić information content (AvgIpc) is 2.70. The average molecular weight is 498 g/mol. The van der Waals surface area contributed by atoms with Crippen molar-refractivity contribution in [2.75, 3.05) is 23.4 Å². The maximum atomic E-state index is 12.4. The monoisotopic (exact) mass is 497 g/mol. The van der Waals surface area contributed by atoms with Crippen LogP contribution in [0.5, 0.6) is 0 Å². The molecule has 180 valence electrons. The Morgan fingerprint density at radius 1 is 1.09 bits per heavy atom. The highest BCUT2D eigenvalue weighted by molar-refractivity contribution is 7.92. The van der Waals surface area contributed by atoms with Crippen molar-refractivity contribution in [2.45, 2.75) is 37.6 Å². The van der Waals surface area contributed by atoms with E-state index < -0.39 is 24.8 Å². The van der Waals surface area contributed by atoms with Crippen LogP contribution < -0.4 is 9.62 Å². The number of rotatable bonds is 10. The van der Waals surface area contributed by atoms with E-state index in [2.05, 4.69) is 5.32 Å². The van der Waals surface area contributed by atoms with Crippen molar-refractivity contribution < 1.29 is 26.6 Å². The Bertz CT molecular complexity index is 1240. The SMILES string of the molecule is Cc1ccc([N+](=O)[O-])cc1N(CCCC(=O)NC(C)c1ccc(S(C)(=O)=O)cc1)S(C)(=O)=O. The zero-order valence-electron chi connectivity index (χ0n) is 18.8. The van der Waals surface area contributed by atoms with E-state index in [0.29, 0.717) is 5.56 Å². The van der Waals surface area contributed by atoms with Crippen molar-refractivity contribution in [3.63, 3.8) is 0 Å². The zero-order chi connectivity index (χ0) is 25.0. The molecule has 1 amide bonds. The summed E-state index contributed by atoms with van der Waals surface area (Å²) in [5.74, 6) is -0.307. The first kappa shape index (κ1) is 26.3. The number of benzene rings is 2. The molecule has 1 unspecified atom stereocenters. The van der Waals surface area contributed by atoms with E-state index in [1.54, 1.807) is 26.0 Å². The molecule has 12 heteroatoms. The summed E-state index contributed by atoms with van der Waals surface area (Å²) in [6, 6.07) is 9.80. The molecule has 0 bridgehead atoms. The number of amides is 1. The third-order valence-electron chi connectivity index (χ3n) is 5.02. The molecule has 0 radical (unpaired) electrons. The molecule has 0 fully saturated rings. The molecule has 0 aliphatic heterocycles. The van der Waals surface area contributed by atoms with Gasteiger partial charge in [-0.1, -0.05) is 18.2 Å². The van der Waals surface area contributed by atoms with Crippen molar-refractivity contribution in [2.24, 2.45) is 0 Å². The van der Waals surface area contributed by atoms with Gasteiger partial charge in [0.15, 0.2) is 9.84 Å². The summed E-state index contributed by atoms with van der Waals surface area (Å²) in [6.07, 6.45) is 2.35. The largest absolute Gasteiger partial charge is 0.350 e. The van der Waals surface area contributed by atoms with Crippen molar-refractivity contribution >= 4 is 37.1 Å². The van der Waals surface area contributed by atoms with Gasteiger partial charge in [-0.3, -0.25) is 19.2 Å². The summed E-state index contributed by atoms with van der Waals surface area (Å²) in [5.41, 5.74) is 1.26. The van der Waals surface area contributed by atoms with Crippen LogP contribution in [-0.2, 0) is 24.7 Å². The molecule has 2 rings (SSSR count). The summed E-state index contributed by atoms with van der Waals surface area (Å²) in [5, 5.41) is 13.9. The normalized spacial score (nSPS) is 12.7. The molecule has 0 aliphatic carbocycles. The van der Waals surface area contributed by atoms with Gasteiger partial charge >= 0.3 is 0 Å². The van der Waals surface area contributed by atoms with Gasteiger partial charge in [-0.2, -0.15) is 0 Å². The van der Waals surface area contributed by atoms with Crippen LogP contribution in [0.15, 0.2) is 47.4 Å². The fourth-order valence-electron chi connectivity index (χ4n) is 3.23. The quantitative estimate of drug-likeness (QED) is 0.392. The molecule has 0 spiro atoms. The van der Waals surface area contributed by atoms with Gasteiger partial charge in [-0.05, 0) is 43.5 Å². The Morgan fingerprint density at radius 2 is 1.70 bits per heavy atom. The summed E-state index contributed by atoms with van der Waals surface area (Å²) in [4.78, 5) is 23.0. The highest BCUT2D eigenvalue weighted by atomic mass is 32.2. The number of nitrogens with one attached hydrogen (secondary N) is 1. The van der Waals surface area contributed by atoms with Crippen LogP contribution in [-0.4, -0.2) is 46.7 Å². The predicted molar refractivity (Wildman–Crippen MR) is 125 cm³/mol. The molecule has 0 aromatic heterocycles. The van der Waals surface area contributed by atoms with Gasteiger partial charge in [0.2, 0.25) is 15.9 Å². The predicted octanol–water partition coefficient (Wildman–Crippen LogP) is 2.73. The first-order valence-electron chi connectivity index (χ1n) is 10.0. The number of nitro benzene ring substituents is 1. The second kappa shape index (κ2) is 10.3. The van der Waals surface area contributed by atoms with Crippen molar-refractivity contribution in [1.29, 1.82) is 0 Å². The van der Waals surface area contributed by atoms with E-state index in [0.717, 1.165) is 22.4 Å². The van der Waals surface area contributed by atoms with Crippen LogP contribution in [0.25, 0.3) is 0 Å². The van der Waals surface area contributed by atoms with Crippen LogP contribution in [0.2, 0.25) is 0 Å².